The maximum atomic E-state index is 12.9. The molecule has 3 heterocycles. The number of nitrogens with zero attached hydrogens (tertiary/aromatic N) is 3. The Balaban J connectivity index is 1.11. The normalized spacial score (nSPS) is 33.2. The third-order valence-electron chi connectivity index (χ3n) is 8.28. The van der Waals surface area contributed by atoms with Gasteiger partial charge >= 0.3 is 0 Å². The zero-order chi connectivity index (χ0) is 21.4. The van der Waals surface area contributed by atoms with Crippen LogP contribution in [0.25, 0.3) is 0 Å². The highest BCUT2D eigenvalue weighted by Crippen LogP contribution is 2.52. The molecule has 4 aliphatic rings. The maximum absolute atomic E-state index is 12.9. The molecule has 1 unspecified atom stereocenters. The van der Waals surface area contributed by atoms with Crippen molar-refractivity contribution in [2.45, 2.75) is 69.5 Å². The van der Waals surface area contributed by atoms with Crippen LogP contribution >= 0.6 is 11.8 Å². The Kier molecular flexibility index (Phi) is 5.93. The van der Waals surface area contributed by atoms with E-state index in [9.17, 15) is 9.59 Å². The summed E-state index contributed by atoms with van der Waals surface area (Å²) in [6.07, 6.45) is 13.2. The van der Waals surface area contributed by atoms with Gasteiger partial charge in [0.05, 0.1) is 5.04 Å². The number of fused-ring (bicyclic) bond motifs is 2. The van der Waals surface area contributed by atoms with Gasteiger partial charge in [0.25, 0.3) is 5.91 Å². The lowest BCUT2D eigenvalue weighted by molar-refractivity contribution is -0.132. The van der Waals surface area contributed by atoms with Crippen LogP contribution in [0.2, 0.25) is 0 Å². The summed E-state index contributed by atoms with van der Waals surface area (Å²) in [5.41, 5.74) is 1.10. The van der Waals surface area contributed by atoms with Crippen LogP contribution in [0.5, 0.6) is 0 Å². The number of piperidine rings is 1. The van der Waals surface area contributed by atoms with E-state index in [4.69, 9.17) is 0 Å². The molecule has 5 nitrogen and oxygen atoms in total. The first-order valence-corrected chi connectivity index (χ1v) is 12.8. The van der Waals surface area contributed by atoms with E-state index in [1.165, 1.54) is 25.7 Å². The fraction of sp³-hybridized carbons (Fsp3) is 0.680. The summed E-state index contributed by atoms with van der Waals surface area (Å²) >= 11 is 1.75. The number of thioether (sulfide) groups is 1. The number of amides is 2. The number of aromatic nitrogens is 1. The highest BCUT2D eigenvalue weighted by atomic mass is 32.2. The summed E-state index contributed by atoms with van der Waals surface area (Å²) in [6.45, 7) is 3.60. The first-order chi connectivity index (χ1) is 15.0. The molecule has 0 radical (unpaired) electrons. The summed E-state index contributed by atoms with van der Waals surface area (Å²) in [7, 11) is 0. The molecular formula is C25H33N3O2S. The summed E-state index contributed by atoms with van der Waals surface area (Å²) in [6, 6.07) is 3.93. The topological polar surface area (TPSA) is 62.6 Å². The van der Waals surface area contributed by atoms with Crippen LogP contribution in [-0.2, 0) is 16.0 Å². The standard InChI is InChI=1S/C25H33N3O2S/c1-25(24(30)27-22(31-25)15-20-14-18-4-6-19(20)13-18)21-8-11-28(12-9-21)23(29)7-5-17-3-2-10-26-16-17/h2-3,10,16,18-21H,4-9,11-15H2,1H3/t18-,19+,20-,25?/m1/s1. The molecule has 2 saturated carbocycles. The van der Waals surface area contributed by atoms with E-state index in [0.29, 0.717) is 12.3 Å². The molecule has 2 aliphatic heterocycles. The molecule has 3 fully saturated rings. The number of rotatable bonds is 6. The molecule has 4 atom stereocenters. The number of carbonyl (C=O) groups excluding carboxylic acids is 2. The predicted octanol–water partition coefficient (Wildman–Crippen LogP) is 4.51. The van der Waals surface area contributed by atoms with E-state index in [2.05, 4.69) is 16.9 Å². The van der Waals surface area contributed by atoms with Crippen LogP contribution in [0, 0.1) is 23.7 Å². The van der Waals surface area contributed by atoms with Crippen molar-refractivity contribution < 1.29 is 9.59 Å². The number of pyridine rings is 1. The second-order valence-corrected chi connectivity index (χ2v) is 11.7. The Morgan fingerprint density at radius 1 is 1.23 bits per heavy atom. The van der Waals surface area contributed by atoms with Crippen LogP contribution in [0.4, 0.5) is 0 Å². The second kappa shape index (κ2) is 8.68. The lowest BCUT2D eigenvalue weighted by atomic mass is 9.84. The molecule has 6 heteroatoms. The van der Waals surface area contributed by atoms with Gasteiger partial charge in [0.2, 0.25) is 5.91 Å². The number of hydrogen-bond donors (Lipinski definition) is 0. The van der Waals surface area contributed by atoms with E-state index in [0.717, 1.165) is 67.1 Å². The van der Waals surface area contributed by atoms with Gasteiger partial charge in [-0.1, -0.05) is 24.2 Å². The Hall–Kier alpha value is -1.69. The molecule has 1 aromatic rings. The molecule has 1 aromatic heterocycles. The molecular weight excluding hydrogens is 406 g/mol. The predicted molar refractivity (Wildman–Crippen MR) is 124 cm³/mol. The van der Waals surface area contributed by atoms with Crippen molar-refractivity contribution in [1.29, 1.82) is 0 Å². The number of aliphatic imine (C=N–C) groups is 1. The van der Waals surface area contributed by atoms with Crippen LogP contribution in [0.3, 0.4) is 0 Å². The van der Waals surface area contributed by atoms with Crippen molar-refractivity contribution >= 4 is 28.6 Å². The molecule has 0 aromatic carbocycles. The van der Waals surface area contributed by atoms with E-state index in [-0.39, 0.29) is 11.8 Å². The van der Waals surface area contributed by atoms with Gasteiger partial charge in [0.1, 0.15) is 4.75 Å². The van der Waals surface area contributed by atoms with Gasteiger partial charge in [-0.2, -0.15) is 0 Å². The molecule has 2 amide bonds. The Morgan fingerprint density at radius 3 is 2.74 bits per heavy atom. The summed E-state index contributed by atoms with van der Waals surface area (Å²) in [5.74, 6) is 3.14. The minimum Gasteiger partial charge on any atom is -0.343 e. The minimum absolute atomic E-state index is 0.0667. The molecule has 2 aliphatic carbocycles. The molecule has 5 rings (SSSR count). The fourth-order valence-corrected chi connectivity index (χ4v) is 7.82. The van der Waals surface area contributed by atoms with Crippen molar-refractivity contribution in [3.8, 4) is 0 Å². The largest absolute Gasteiger partial charge is 0.343 e. The van der Waals surface area contributed by atoms with Gasteiger partial charge in [-0.3, -0.25) is 14.6 Å². The lowest BCUT2D eigenvalue weighted by Crippen LogP contribution is -2.46. The van der Waals surface area contributed by atoms with Gasteiger partial charge < -0.3 is 4.90 Å². The van der Waals surface area contributed by atoms with E-state index >= 15 is 0 Å². The van der Waals surface area contributed by atoms with Crippen molar-refractivity contribution in [2.24, 2.45) is 28.7 Å². The van der Waals surface area contributed by atoms with Crippen molar-refractivity contribution in [1.82, 2.24) is 9.88 Å². The summed E-state index contributed by atoms with van der Waals surface area (Å²) in [5, 5.41) is 1.08. The third-order valence-corrected chi connectivity index (χ3v) is 9.70. The van der Waals surface area contributed by atoms with Gasteiger partial charge in [-0.15, -0.1) is 0 Å². The zero-order valence-corrected chi connectivity index (χ0v) is 19.3. The zero-order valence-electron chi connectivity index (χ0n) is 18.5. The first-order valence-electron chi connectivity index (χ1n) is 12.0. The average molecular weight is 440 g/mol. The summed E-state index contributed by atoms with van der Waals surface area (Å²) in [4.78, 5) is 36.2. The Morgan fingerprint density at radius 2 is 2.06 bits per heavy atom. The Bertz CT molecular complexity index is 865. The lowest BCUT2D eigenvalue weighted by Gasteiger charge is -2.38. The van der Waals surface area contributed by atoms with Crippen LogP contribution in [-0.4, -0.2) is 44.6 Å². The van der Waals surface area contributed by atoms with Gasteiger partial charge in [-0.05, 0) is 87.2 Å². The smallest absolute Gasteiger partial charge is 0.263 e. The molecule has 0 N–H and O–H groups in total. The number of carbonyl (C=O) groups is 2. The van der Waals surface area contributed by atoms with Crippen molar-refractivity contribution in [3.63, 3.8) is 0 Å². The molecule has 2 bridgehead atoms. The van der Waals surface area contributed by atoms with E-state index < -0.39 is 4.75 Å². The molecule has 31 heavy (non-hydrogen) atoms. The van der Waals surface area contributed by atoms with Gasteiger partial charge in [0, 0.05) is 31.9 Å². The first kappa shape index (κ1) is 21.2. The number of hydrogen-bond acceptors (Lipinski definition) is 4. The highest BCUT2D eigenvalue weighted by Gasteiger charge is 2.49. The maximum Gasteiger partial charge on any atom is 0.263 e. The molecule has 0 spiro atoms. The average Bonchev–Trinajstić information content (AvgIpc) is 3.48. The quantitative estimate of drug-likeness (QED) is 0.654. The Labute approximate surface area is 189 Å². The van der Waals surface area contributed by atoms with Gasteiger partial charge in [0.15, 0.2) is 0 Å². The molecule has 166 valence electrons. The monoisotopic (exact) mass is 439 g/mol. The minimum atomic E-state index is -0.433. The van der Waals surface area contributed by atoms with Gasteiger partial charge in [-0.25, -0.2) is 4.99 Å². The number of likely N-dealkylation sites (tertiary alicyclic amines) is 1. The molecule has 1 saturated heterocycles. The highest BCUT2D eigenvalue weighted by molar-refractivity contribution is 8.16. The van der Waals surface area contributed by atoms with Crippen LogP contribution in [0.15, 0.2) is 29.5 Å². The van der Waals surface area contributed by atoms with Crippen molar-refractivity contribution in [2.75, 3.05) is 13.1 Å². The fourth-order valence-electron chi connectivity index (χ4n) is 6.37. The SMILES string of the molecule is CC1(C2CCN(C(=O)CCc3cccnc3)CC2)SC(C[C@H]2C[C@@H]3CC[C@H]2C3)=NC1=O. The second-order valence-electron chi connectivity index (χ2n) is 10.2. The van der Waals surface area contributed by atoms with E-state index in [1.54, 1.807) is 18.0 Å². The van der Waals surface area contributed by atoms with Crippen LogP contribution < -0.4 is 0 Å². The van der Waals surface area contributed by atoms with Crippen molar-refractivity contribution in [3.05, 3.63) is 30.1 Å². The number of aryl methyl sites for hydroxylation is 1. The van der Waals surface area contributed by atoms with E-state index in [1.807, 2.05) is 23.2 Å². The third kappa shape index (κ3) is 4.33. The van der Waals surface area contributed by atoms with Crippen LogP contribution in [0.1, 0.15) is 63.9 Å². The summed E-state index contributed by atoms with van der Waals surface area (Å²) < 4.78 is -0.433.